The number of hydrogen-bond acceptors (Lipinski definition) is 8. The number of Topliss-reactive ketones (excluding diaryl/α,β-unsaturated/α-hetero) is 1. The lowest BCUT2D eigenvalue weighted by Crippen LogP contribution is -2.23. The van der Waals surface area contributed by atoms with Crippen molar-refractivity contribution >= 4 is 45.5 Å². The summed E-state index contributed by atoms with van der Waals surface area (Å²) in [6.45, 7) is 7.50. The first-order valence-electron chi connectivity index (χ1n) is 11.7. The van der Waals surface area contributed by atoms with E-state index in [0.717, 1.165) is 13.2 Å². The molecule has 0 aliphatic carbocycles. The molecule has 0 bridgehead atoms. The standard InChI is InChI=1S/C12H11NO3.C8H4Cl2O2.C8H14O2/c1-8(14)10(7-13)5-9-3-4-11(15)12(6-9)16-2;9-7(11)5-1-2-6(4-3-5)8(10)12;1-5-3-9-8-6(2)4-10-7(5)8/h3-6,15H,1-2H3;1-4H;5-8H,3-4H2,1-2H3/t;;5-,6+,7-,8-/m..1/s1. The molecule has 2 aromatic carbocycles. The molecule has 0 radical (unpaired) electrons. The topological polar surface area (TPSA) is 123 Å². The Morgan fingerprint density at radius 3 is 1.82 bits per heavy atom. The third-order valence-corrected chi connectivity index (χ3v) is 6.34. The second-order valence-electron chi connectivity index (χ2n) is 8.83. The molecule has 4 atom stereocenters. The van der Waals surface area contributed by atoms with E-state index in [4.69, 9.17) is 42.7 Å². The third-order valence-electron chi connectivity index (χ3n) is 5.90. The van der Waals surface area contributed by atoms with Gasteiger partial charge in [-0.25, -0.2) is 0 Å². The van der Waals surface area contributed by atoms with Crippen LogP contribution in [0.5, 0.6) is 11.5 Å². The summed E-state index contributed by atoms with van der Waals surface area (Å²) in [4.78, 5) is 32.2. The number of rotatable bonds is 5. The highest BCUT2D eigenvalue weighted by atomic mass is 35.5. The van der Waals surface area contributed by atoms with Gasteiger partial charge >= 0.3 is 0 Å². The Morgan fingerprint density at radius 2 is 1.45 bits per heavy atom. The Bertz CT molecular complexity index is 1170. The maximum Gasteiger partial charge on any atom is 0.252 e. The predicted octanol–water partition coefficient (Wildman–Crippen LogP) is 5.40. The Balaban J connectivity index is 0.000000206. The van der Waals surface area contributed by atoms with Crippen molar-refractivity contribution in [2.75, 3.05) is 20.3 Å². The van der Waals surface area contributed by atoms with Crippen LogP contribution in [-0.2, 0) is 14.3 Å². The summed E-state index contributed by atoms with van der Waals surface area (Å²) in [6, 6.07) is 12.2. The fourth-order valence-electron chi connectivity index (χ4n) is 3.78. The molecule has 2 heterocycles. The van der Waals surface area contributed by atoms with E-state index < -0.39 is 10.5 Å². The van der Waals surface area contributed by atoms with Gasteiger partial charge in [-0.2, -0.15) is 5.26 Å². The van der Waals surface area contributed by atoms with Crippen LogP contribution in [0.25, 0.3) is 6.08 Å². The van der Waals surface area contributed by atoms with Crippen molar-refractivity contribution in [1.82, 2.24) is 0 Å². The summed E-state index contributed by atoms with van der Waals surface area (Å²) < 4.78 is 16.1. The Hall–Kier alpha value is -3.22. The van der Waals surface area contributed by atoms with E-state index in [1.165, 1.54) is 50.4 Å². The molecule has 1 N–H and O–H groups in total. The van der Waals surface area contributed by atoms with Crippen molar-refractivity contribution in [3.05, 3.63) is 64.7 Å². The molecule has 2 saturated heterocycles. The highest BCUT2D eigenvalue weighted by Crippen LogP contribution is 2.33. The van der Waals surface area contributed by atoms with Crippen LogP contribution in [0, 0.1) is 23.2 Å². The van der Waals surface area contributed by atoms with E-state index in [1.54, 1.807) is 12.1 Å². The van der Waals surface area contributed by atoms with Gasteiger partial charge in [-0.3, -0.25) is 14.4 Å². The summed E-state index contributed by atoms with van der Waals surface area (Å²) in [5.74, 6) is 1.23. The number of phenols is 1. The minimum absolute atomic E-state index is 0.0148. The van der Waals surface area contributed by atoms with Gasteiger partial charge in [0, 0.05) is 23.0 Å². The van der Waals surface area contributed by atoms with Crippen molar-refractivity contribution < 1.29 is 33.7 Å². The first kappa shape index (κ1) is 31.0. The van der Waals surface area contributed by atoms with Crippen molar-refractivity contribution in [3.63, 3.8) is 0 Å². The van der Waals surface area contributed by atoms with Crippen LogP contribution in [0.2, 0.25) is 0 Å². The zero-order chi connectivity index (χ0) is 28.4. The lowest BCUT2D eigenvalue weighted by Gasteiger charge is -2.10. The van der Waals surface area contributed by atoms with Crippen LogP contribution in [0.1, 0.15) is 47.1 Å². The van der Waals surface area contributed by atoms with Crippen molar-refractivity contribution in [3.8, 4) is 17.6 Å². The number of nitriles is 1. The zero-order valence-corrected chi connectivity index (χ0v) is 23.0. The molecule has 4 rings (SSSR count). The Morgan fingerprint density at radius 1 is 0.974 bits per heavy atom. The molecular formula is C28H29Cl2NO7. The van der Waals surface area contributed by atoms with Gasteiger partial charge in [0.15, 0.2) is 17.3 Å². The number of aromatic hydroxyl groups is 1. The number of phenolic OH excluding ortho intramolecular Hbond substituents is 1. The van der Waals surface area contributed by atoms with Crippen LogP contribution in [-0.4, -0.2) is 53.9 Å². The smallest absolute Gasteiger partial charge is 0.252 e. The van der Waals surface area contributed by atoms with Crippen LogP contribution in [0.3, 0.4) is 0 Å². The zero-order valence-electron chi connectivity index (χ0n) is 21.4. The number of ketones is 1. The van der Waals surface area contributed by atoms with Gasteiger partial charge in [-0.1, -0.05) is 19.9 Å². The molecule has 2 fully saturated rings. The first-order valence-corrected chi connectivity index (χ1v) is 12.5. The molecule has 2 aromatic rings. The van der Waals surface area contributed by atoms with Crippen LogP contribution in [0.4, 0.5) is 0 Å². The summed E-state index contributed by atoms with van der Waals surface area (Å²) >= 11 is 10.4. The van der Waals surface area contributed by atoms with Gasteiger partial charge < -0.3 is 19.3 Å². The number of carbonyl (C=O) groups excluding carboxylic acids is 3. The molecule has 10 heteroatoms. The minimum Gasteiger partial charge on any atom is -0.504 e. The van der Waals surface area contributed by atoms with Gasteiger partial charge in [-0.05, 0) is 78.2 Å². The van der Waals surface area contributed by atoms with E-state index in [0.29, 0.717) is 46.5 Å². The average Bonchev–Trinajstić information content (AvgIpc) is 3.46. The molecule has 38 heavy (non-hydrogen) atoms. The fourth-order valence-corrected chi connectivity index (χ4v) is 4.03. The molecule has 202 valence electrons. The first-order chi connectivity index (χ1) is 18.0. The van der Waals surface area contributed by atoms with Gasteiger partial charge in [0.1, 0.15) is 6.07 Å². The Labute approximate surface area is 231 Å². The van der Waals surface area contributed by atoms with Gasteiger partial charge in [0.05, 0.1) is 38.1 Å². The number of carbonyl (C=O) groups is 3. The van der Waals surface area contributed by atoms with Crippen LogP contribution in [0.15, 0.2) is 48.0 Å². The molecule has 2 aliphatic rings. The SMILES string of the molecule is COc1cc(C=C(C#N)C(C)=O)ccc1O.C[C@@H]1CO[C@H]2[C@@H]1OC[C@@H]2C.O=C(Cl)c1ccc(C(=O)Cl)cc1. The highest BCUT2D eigenvalue weighted by Gasteiger charge is 2.43. The molecule has 0 unspecified atom stereocenters. The van der Waals surface area contributed by atoms with Gasteiger partial charge in [0.25, 0.3) is 10.5 Å². The summed E-state index contributed by atoms with van der Waals surface area (Å²) in [5.41, 5.74) is 1.38. The molecule has 0 saturated carbocycles. The number of benzene rings is 2. The second kappa shape index (κ2) is 14.6. The number of nitrogens with zero attached hydrogens (tertiary/aromatic N) is 1. The van der Waals surface area contributed by atoms with Crippen molar-refractivity contribution in [2.24, 2.45) is 11.8 Å². The maximum absolute atomic E-state index is 11.0. The lowest BCUT2D eigenvalue weighted by molar-refractivity contribution is -0.113. The highest BCUT2D eigenvalue weighted by molar-refractivity contribution is 6.68. The van der Waals surface area contributed by atoms with Crippen LogP contribution < -0.4 is 4.74 Å². The minimum atomic E-state index is -0.552. The monoisotopic (exact) mass is 561 g/mol. The molecule has 0 spiro atoms. The quantitative estimate of drug-likeness (QED) is 0.292. The number of hydrogen-bond donors (Lipinski definition) is 1. The van der Waals surface area contributed by atoms with E-state index in [1.807, 2.05) is 6.07 Å². The summed E-state index contributed by atoms with van der Waals surface area (Å²) in [6.07, 6.45) is 2.24. The number of halogens is 2. The normalized spacial score (nSPS) is 21.6. The fraction of sp³-hybridized carbons (Fsp3) is 0.357. The Kier molecular flexibility index (Phi) is 11.9. The summed E-state index contributed by atoms with van der Waals surface area (Å²) in [5, 5.41) is 17.0. The molecule has 0 amide bonds. The molecule has 8 nitrogen and oxygen atoms in total. The largest absolute Gasteiger partial charge is 0.504 e. The van der Waals surface area contributed by atoms with Crippen molar-refractivity contribution in [1.29, 1.82) is 5.26 Å². The molecular weight excluding hydrogens is 533 g/mol. The van der Waals surface area contributed by atoms with Crippen molar-refractivity contribution in [2.45, 2.75) is 33.0 Å². The second-order valence-corrected chi connectivity index (χ2v) is 9.52. The van der Waals surface area contributed by atoms with E-state index in [2.05, 4.69) is 13.8 Å². The number of allylic oxidation sites excluding steroid dienone is 1. The van der Waals surface area contributed by atoms with Crippen LogP contribution >= 0.6 is 23.2 Å². The molecule has 0 aromatic heterocycles. The number of methoxy groups -OCH3 is 1. The average molecular weight is 562 g/mol. The molecule has 2 aliphatic heterocycles. The van der Waals surface area contributed by atoms with E-state index >= 15 is 0 Å². The summed E-state index contributed by atoms with van der Waals surface area (Å²) in [7, 11) is 1.43. The third kappa shape index (κ3) is 8.67. The van der Waals surface area contributed by atoms with E-state index in [-0.39, 0.29) is 17.1 Å². The maximum atomic E-state index is 11.0. The number of fused-ring (bicyclic) bond motifs is 1. The number of ether oxygens (including phenoxy) is 3. The van der Waals surface area contributed by atoms with E-state index in [9.17, 15) is 19.5 Å². The van der Waals surface area contributed by atoms with Gasteiger partial charge in [-0.15, -0.1) is 0 Å². The van der Waals surface area contributed by atoms with Gasteiger partial charge in [0.2, 0.25) is 0 Å². The lowest BCUT2D eigenvalue weighted by atomic mass is 9.99. The predicted molar refractivity (Wildman–Crippen MR) is 144 cm³/mol.